The van der Waals surface area contributed by atoms with E-state index in [-0.39, 0.29) is 11.6 Å². The van der Waals surface area contributed by atoms with Crippen LogP contribution in [-0.2, 0) is 4.74 Å². The number of nitrogens with one attached hydrogen (secondary N) is 1. The molecule has 2 N–H and O–H groups in total. The van der Waals surface area contributed by atoms with Crippen molar-refractivity contribution in [1.29, 1.82) is 0 Å². The van der Waals surface area contributed by atoms with Crippen LogP contribution in [0.3, 0.4) is 0 Å². The molecule has 2 aliphatic rings. The van der Waals surface area contributed by atoms with Crippen LogP contribution in [0, 0.1) is 0 Å². The molecule has 2 saturated heterocycles. The van der Waals surface area contributed by atoms with Gasteiger partial charge in [0.05, 0.1) is 12.7 Å². The molecule has 2 atom stereocenters. The lowest BCUT2D eigenvalue weighted by molar-refractivity contribution is 0.109. The highest BCUT2D eigenvalue weighted by molar-refractivity contribution is 4.88. The summed E-state index contributed by atoms with van der Waals surface area (Å²) >= 11 is 0. The van der Waals surface area contributed by atoms with E-state index in [4.69, 9.17) is 4.74 Å². The zero-order valence-electron chi connectivity index (χ0n) is 10.2. The lowest BCUT2D eigenvalue weighted by Gasteiger charge is -2.27. The zero-order valence-corrected chi connectivity index (χ0v) is 10.2. The van der Waals surface area contributed by atoms with Crippen LogP contribution in [0.15, 0.2) is 0 Å². The monoisotopic (exact) mass is 228 g/mol. The van der Waals surface area contributed by atoms with Crippen LogP contribution in [0.25, 0.3) is 0 Å². The molecular formula is C12H24N2O2. The molecule has 0 saturated carbocycles. The number of aliphatic hydroxyl groups excluding tert-OH is 1. The minimum Gasteiger partial charge on any atom is -0.390 e. The van der Waals surface area contributed by atoms with Crippen molar-refractivity contribution in [3.8, 4) is 0 Å². The van der Waals surface area contributed by atoms with Gasteiger partial charge in [0, 0.05) is 25.2 Å². The Morgan fingerprint density at radius 3 is 2.81 bits per heavy atom. The molecule has 0 bridgehead atoms. The number of hydrogen-bond donors (Lipinski definition) is 2. The minimum absolute atomic E-state index is 0.0754. The fourth-order valence-electron chi connectivity index (χ4n) is 2.50. The lowest BCUT2D eigenvalue weighted by atomic mass is 10.0. The van der Waals surface area contributed by atoms with E-state index >= 15 is 0 Å². The van der Waals surface area contributed by atoms with Gasteiger partial charge in [-0.05, 0) is 39.3 Å². The van der Waals surface area contributed by atoms with Gasteiger partial charge in [0.25, 0.3) is 0 Å². The van der Waals surface area contributed by atoms with Crippen LogP contribution in [-0.4, -0.2) is 61.0 Å². The Morgan fingerprint density at radius 2 is 2.19 bits per heavy atom. The first-order chi connectivity index (χ1) is 7.68. The lowest BCUT2D eigenvalue weighted by Crippen LogP contribution is -2.48. The normalized spacial score (nSPS) is 33.4. The summed E-state index contributed by atoms with van der Waals surface area (Å²) in [5.41, 5.74) is 0.0754. The van der Waals surface area contributed by atoms with Crippen molar-refractivity contribution in [2.45, 2.75) is 37.8 Å². The van der Waals surface area contributed by atoms with Crippen molar-refractivity contribution in [3.05, 3.63) is 0 Å². The first-order valence-corrected chi connectivity index (χ1v) is 6.41. The Labute approximate surface area is 98.0 Å². The molecule has 2 heterocycles. The van der Waals surface area contributed by atoms with E-state index in [1.807, 2.05) is 0 Å². The van der Waals surface area contributed by atoms with Gasteiger partial charge in [0.15, 0.2) is 0 Å². The Balaban J connectivity index is 1.64. The second kappa shape index (κ2) is 5.45. The number of aliphatic hydroxyl groups is 1. The zero-order chi connectivity index (χ0) is 11.4. The number of likely N-dealkylation sites (tertiary alicyclic amines) is 1. The SMILES string of the molecule is CC1(NCC(O)CN2CCCC2)CCOC1. The van der Waals surface area contributed by atoms with Crippen LogP contribution in [0.5, 0.6) is 0 Å². The summed E-state index contributed by atoms with van der Waals surface area (Å²) in [6.07, 6.45) is 3.36. The Kier molecular flexibility index (Phi) is 4.19. The van der Waals surface area contributed by atoms with Crippen LogP contribution < -0.4 is 5.32 Å². The van der Waals surface area contributed by atoms with Crippen molar-refractivity contribution in [1.82, 2.24) is 10.2 Å². The molecule has 4 heteroatoms. The maximum atomic E-state index is 9.94. The Hall–Kier alpha value is -0.160. The van der Waals surface area contributed by atoms with Gasteiger partial charge in [-0.2, -0.15) is 0 Å². The van der Waals surface area contributed by atoms with Gasteiger partial charge in [-0.3, -0.25) is 0 Å². The van der Waals surface area contributed by atoms with Crippen molar-refractivity contribution >= 4 is 0 Å². The third-order valence-corrected chi connectivity index (χ3v) is 3.65. The quantitative estimate of drug-likeness (QED) is 0.706. The molecule has 2 fully saturated rings. The molecule has 4 nitrogen and oxygen atoms in total. The van der Waals surface area contributed by atoms with E-state index in [2.05, 4.69) is 17.1 Å². The smallest absolute Gasteiger partial charge is 0.0791 e. The summed E-state index contributed by atoms with van der Waals surface area (Å²) in [6, 6.07) is 0. The summed E-state index contributed by atoms with van der Waals surface area (Å²) in [7, 11) is 0. The fraction of sp³-hybridized carbons (Fsp3) is 1.00. The van der Waals surface area contributed by atoms with Crippen LogP contribution in [0.2, 0.25) is 0 Å². The molecule has 0 radical (unpaired) electrons. The topological polar surface area (TPSA) is 44.7 Å². The third kappa shape index (κ3) is 3.42. The minimum atomic E-state index is -0.254. The van der Waals surface area contributed by atoms with E-state index in [0.717, 1.165) is 39.3 Å². The molecule has 0 aromatic carbocycles. The van der Waals surface area contributed by atoms with Crippen molar-refractivity contribution in [3.63, 3.8) is 0 Å². The van der Waals surface area contributed by atoms with Gasteiger partial charge in [0.2, 0.25) is 0 Å². The van der Waals surface area contributed by atoms with E-state index in [1.54, 1.807) is 0 Å². The average Bonchev–Trinajstić information content (AvgIpc) is 2.88. The van der Waals surface area contributed by atoms with Gasteiger partial charge >= 0.3 is 0 Å². The second-order valence-electron chi connectivity index (χ2n) is 5.41. The third-order valence-electron chi connectivity index (χ3n) is 3.65. The van der Waals surface area contributed by atoms with Gasteiger partial charge in [-0.15, -0.1) is 0 Å². The van der Waals surface area contributed by atoms with Crippen LogP contribution >= 0.6 is 0 Å². The molecule has 0 spiro atoms. The van der Waals surface area contributed by atoms with Crippen LogP contribution in [0.4, 0.5) is 0 Å². The molecule has 16 heavy (non-hydrogen) atoms. The van der Waals surface area contributed by atoms with Gasteiger partial charge in [-0.25, -0.2) is 0 Å². The van der Waals surface area contributed by atoms with E-state index in [9.17, 15) is 5.11 Å². The van der Waals surface area contributed by atoms with Gasteiger partial charge in [0.1, 0.15) is 0 Å². The van der Waals surface area contributed by atoms with Gasteiger partial charge < -0.3 is 20.1 Å². The molecule has 0 aromatic rings. The summed E-state index contributed by atoms with van der Waals surface area (Å²) < 4.78 is 5.37. The summed E-state index contributed by atoms with van der Waals surface area (Å²) in [4.78, 5) is 2.35. The fourth-order valence-corrected chi connectivity index (χ4v) is 2.50. The first kappa shape index (κ1) is 12.3. The molecule has 0 amide bonds. The molecule has 0 aromatic heterocycles. The molecule has 2 rings (SSSR count). The summed E-state index contributed by atoms with van der Waals surface area (Å²) in [6.45, 7) is 7.56. The number of β-amino-alcohol motifs (C(OH)–C–C–N with tert-alkyl or cyclic N) is 1. The van der Waals surface area contributed by atoms with E-state index in [0.29, 0.717) is 6.54 Å². The molecule has 94 valence electrons. The summed E-state index contributed by atoms with van der Waals surface area (Å²) in [5, 5.41) is 13.4. The highest BCUT2D eigenvalue weighted by Crippen LogP contribution is 2.17. The number of nitrogens with zero attached hydrogens (tertiary/aromatic N) is 1. The maximum absolute atomic E-state index is 9.94. The maximum Gasteiger partial charge on any atom is 0.0791 e. The van der Waals surface area contributed by atoms with Crippen molar-refractivity contribution in [2.24, 2.45) is 0 Å². The van der Waals surface area contributed by atoms with Crippen molar-refractivity contribution in [2.75, 3.05) is 39.4 Å². The number of hydrogen-bond acceptors (Lipinski definition) is 4. The Morgan fingerprint density at radius 1 is 1.44 bits per heavy atom. The molecule has 2 unspecified atom stereocenters. The average molecular weight is 228 g/mol. The standard InChI is InChI=1S/C12H24N2O2/c1-12(4-7-16-10-12)13-8-11(15)9-14-5-2-3-6-14/h11,13,15H,2-10H2,1H3. The predicted molar refractivity (Wildman–Crippen MR) is 63.5 cm³/mol. The highest BCUT2D eigenvalue weighted by Gasteiger charge is 2.29. The molecule has 0 aliphatic carbocycles. The molecule has 2 aliphatic heterocycles. The summed E-state index contributed by atoms with van der Waals surface area (Å²) in [5.74, 6) is 0. The second-order valence-corrected chi connectivity index (χ2v) is 5.41. The van der Waals surface area contributed by atoms with E-state index < -0.39 is 0 Å². The number of rotatable bonds is 5. The van der Waals surface area contributed by atoms with E-state index in [1.165, 1.54) is 12.8 Å². The molecular weight excluding hydrogens is 204 g/mol. The van der Waals surface area contributed by atoms with Crippen molar-refractivity contribution < 1.29 is 9.84 Å². The van der Waals surface area contributed by atoms with Crippen LogP contribution in [0.1, 0.15) is 26.2 Å². The van der Waals surface area contributed by atoms with Gasteiger partial charge in [-0.1, -0.05) is 0 Å². The first-order valence-electron chi connectivity index (χ1n) is 6.41. The Bertz CT molecular complexity index is 211. The predicted octanol–water partition coefficient (Wildman–Crippen LogP) is 0.212. The largest absolute Gasteiger partial charge is 0.390 e. The number of ether oxygens (including phenoxy) is 1. The highest BCUT2D eigenvalue weighted by atomic mass is 16.5.